The second-order valence-electron chi connectivity index (χ2n) is 2.51. The average molecular weight is 144 g/mol. The first-order valence-corrected chi connectivity index (χ1v) is 3.70. The molecule has 1 atom stereocenters. The highest BCUT2D eigenvalue weighted by Crippen LogP contribution is 2.05. The lowest BCUT2D eigenvalue weighted by atomic mass is 10.2. The fourth-order valence-electron chi connectivity index (χ4n) is 1.05. The van der Waals surface area contributed by atoms with Crippen LogP contribution in [-0.2, 0) is 0 Å². The fraction of sp³-hybridized carbons (Fsp3) is 0.857. The number of hydrogen-bond acceptors (Lipinski definition) is 2. The minimum Gasteiger partial charge on any atom is -0.358 e. The summed E-state index contributed by atoms with van der Waals surface area (Å²) in [7, 11) is 0. The van der Waals surface area contributed by atoms with Gasteiger partial charge >= 0.3 is 0 Å². The van der Waals surface area contributed by atoms with Crippen LogP contribution in [0.4, 0.5) is 4.39 Å². The van der Waals surface area contributed by atoms with E-state index in [2.05, 4.69) is 11.9 Å². The normalized spacial score (nSPS) is 24.2. The molecule has 0 spiro atoms. The number of hydrogen-bond donors (Lipinski definition) is 0. The second-order valence-corrected chi connectivity index (χ2v) is 2.51. The molecular formula is C7H13FN2. The molecule has 0 aliphatic carbocycles. The summed E-state index contributed by atoms with van der Waals surface area (Å²) in [6, 6.07) is 0.409. The van der Waals surface area contributed by atoms with E-state index in [1.807, 2.05) is 4.90 Å². The van der Waals surface area contributed by atoms with Crippen LogP contribution in [-0.4, -0.2) is 37.0 Å². The molecule has 1 rings (SSSR count). The molecule has 1 heterocycles. The zero-order chi connectivity index (χ0) is 7.40. The molecular weight excluding hydrogens is 131 g/mol. The van der Waals surface area contributed by atoms with Crippen molar-refractivity contribution < 1.29 is 4.39 Å². The lowest BCUT2D eigenvalue weighted by Gasteiger charge is -2.12. The molecule has 0 amide bonds. The molecule has 0 saturated carbocycles. The van der Waals surface area contributed by atoms with Crippen LogP contribution in [0.15, 0.2) is 4.99 Å². The molecule has 0 bridgehead atoms. The summed E-state index contributed by atoms with van der Waals surface area (Å²) in [6.07, 6.45) is 2.81. The minimum atomic E-state index is -0.275. The Morgan fingerprint density at radius 2 is 2.60 bits per heavy atom. The zero-order valence-electron chi connectivity index (χ0n) is 6.26. The summed E-state index contributed by atoms with van der Waals surface area (Å²) >= 11 is 0. The highest BCUT2D eigenvalue weighted by atomic mass is 19.1. The van der Waals surface area contributed by atoms with Gasteiger partial charge in [-0.25, -0.2) is 4.39 Å². The second kappa shape index (κ2) is 3.54. The smallest absolute Gasteiger partial charge is 0.107 e. The van der Waals surface area contributed by atoms with Crippen LogP contribution in [0.1, 0.15) is 13.3 Å². The molecule has 1 aliphatic heterocycles. The molecule has 0 aromatic heterocycles. The van der Waals surface area contributed by atoms with Crippen molar-refractivity contribution in [3.63, 3.8) is 0 Å². The quantitative estimate of drug-likeness (QED) is 0.578. The summed E-state index contributed by atoms with van der Waals surface area (Å²) in [5, 5.41) is 0. The van der Waals surface area contributed by atoms with Gasteiger partial charge in [0.15, 0.2) is 0 Å². The number of rotatable bonds is 3. The molecule has 0 radical (unpaired) electrons. The number of aliphatic imine (C=N–C) groups is 1. The van der Waals surface area contributed by atoms with E-state index in [1.165, 1.54) is 0 Å². The number of halogens is 1. The van der Waals surface area contributed by atoms with E-state index in [0.717, 1.165) is 13.0 Å². The van der Waals surface area contributed by atoms with Gasteiger partial charge in [0.25, 0.3) is 0 Å². The summed E-state index contributed by atoms with van der Waals surface area (Å²) < 4.78 is 11.8. The van der Waals surface area contributed by atoms with E-state index >= 15 is 0 Å². The molecule has 0 fully saturated rings. The molecule has 3 heteroatoms. The van der Waals surface area contributed by atoms with Crippen LogP contribution in [0.3, 0.4) is 0 Å². The van der Waals surface area contributed by atoms with Crippen molar-refractivity contribution in [3.05, 3.63) is 0 Å². The Balaban J connectivity index is 2.24. The maximum atomic E-state index is 11.8. The van der Waals surface area contributed by atoms with Crippen LogP contribution in [0.2, 0.25) is 0 Å². The lowest BCUT2D eigenvalue weighted by molar-refractivity contribution is 0.363. The molecule has 0 saturated heterocycles. The average Bonchev–Trinajstić information content (AvgIpc) is 2.37. The molecule has 0 aromatic rings. The third kappa shape index (κ3) is 1.69. The van der Waals surface area contributed by atoms with E-state index in [4.69, 9.17) is 0 Å². The van der Waals surface area contributed by atoms with Crippen molar-refractivity contribution in [3.8, 4) is 0 Å². The van der Waals surface area contributed by atoms with Crippen LogP contribution >= 0.6 is 0 Å². The fourth-order valence-corrected chi connectivity index (χ4v) is 1.05. The summed E-state index contributed by atoms with van der Waals surface area (Å²) in [5.41, 5.74) is 0. The molecule has 0 aromatic carbocycles. The first-order chi connectivity index (χ1) is 4.86. The topological polar surface area (TPSA) is 15.6 Å². The maximum absolute atomic E-state index is 11.8. The van der Waals surface area contributed by atoms with Gasteiger partial charge in [0, 0.05) is 13.1 Å². The molecule has 1 unspecified atom stereocenters. The summed E-state index contributed by atoms with van der Waals surface area (Å²) in [6.45, 7) is 3.23. The Kier molecular flexibility index (Phi) is 2.66. The monoisotopic (exact) mass is 144 g/mol. The van der Waals surface area contributed by atoms with Crippen molar-refractivity contribution >= 4 is 6.34 Å². The van der Waals surface area contributed by atoms with Crippen molar-refractivity contribution in [1.82, 2.24) is 4.90 Å². The van der Waals surface area contributed by atoms with Crippen LogP contribution in [0.25, 0.3) is 0 Å². The van der Waals surface area contributed by atoms with E-state index in [0.29, 0.717) is 12.6 Å². The van der Waals surface area contributed by atoms with Crippen molar-refractivity contribution in [2.75, 3.05) is 19.8 Å². The predicted molar refractivity (Wildman–Crippen MR) is 40.1 cm³/mol. The van der Waals surface area contributed by atoms with E-state index in [9.17, 15) is 4.39 Å². The van der Waals surface area contributed by atoms with E-state index in [-0.39, 0.29) is 6.67 Å². The molecule has 58 valence electrons. The summed E-state index contributed by atoms with van der Waals surface area (Å²) in [5.74, 6) is 0. The Morgan fingerprint density at radius 1 is 1.80 bits per heavy atom. The number of alkyl halides is 1. The maximum Gasteiger partial charge on any atom is 0.107 e. The SMILES string of the molecule is CCC1CN(CCF)C=N1. The third-order valence-corrected chi connectivity index (χ3v) is 1.73. The lowest BCUT2D eigenvalue weighted by Crippen LogP contribution is -2.25. The summed E-state index contributed by atoms with van der Waals surface area (Å²) in [4.78, 5) is 6.11. The van der Waals surface area contributed by atoms with Gasteiger partial charge in [-0.1, -0.05) is 6.92 Å². The van der Waals surface area contributed by atoms with Gasteiger partial charge < -0.3 is 4.90 Å². The zero-order valence-corrected chi connectivity index (χ0v) is 6.26. The largest absolute Gasteiger partial charge is 0.358 e. The first-order valence-electron chi connectivity index (χ1n) is 3.70. The third-order valence-electron chi connectivity index (χ3n) is 1.73. The van der Waals surface area contributed by atoms with Gasteiger partial charge in [-0.3, -0.25) is 4.99 Å². The standard InChI is InChI=1S/C7H13FN2/c1-2-7-5-10(4-3-8)6-9-7/h6-7H,2-5H2,1H3. The van der Waals surface area contributed by atoms with Gasteiger partial charge in [-0.05, 0) is 6.42 Å². The van der Waals surface area contributed by atoms with Gasteiger partial charge in [-0.2, -0.15) is 0 Å². The Labute approximate surface area is 60.7 Å². The van der Waals surface area contributed by atoms with Crippen molar-refractivity contribution in [2.24, 2.45) is 4.99 Å². The minimum absolute atomic E-state index is 0.275. The van der Waals surface area contributed by atoms with Gasteiger partial charge in [0.05, 0.1) is 12.4 Å². The van der Waals surface area contributed by atoms with Gasteiger partial charge in [0.2, 0.25) is 0 Å². The van der Waals surface area contributed by atoms with Crippen LogP contribution in [0, 0.1) is 0 Å². The predicted octanol–water partition coefficient (Wildman–Crippen LogP) is 1.08. The Morgan fingerprint density at radius 3 is 3.10 bits per heavy atom. The highest BCUT2D eigenvalue weighted by Gasteiger charge is 2.13. The van der Waals surface area contributed by atoms with Crippen molar-refractivity contribution in [2.45, 2.75) is 19.4 Å². The van der Waals surface area contributed by atoms with Gasteiger partial charge in [-0.15, -0.1) is 0 Å². The Bertz CT molecular complexity index is 125. The highest BCUT2D eigenvalue weighted by molar-refractivity contribution is 5.57. The van der Waals surface area contributed by atoms with Crippen LogP contribution in [0.5, 0.6) is 0 Å². The van der Waals surface area contributed by atoms with E-state index in [1.54, 1.807) is 6.34 Å². The molecule has 2 nitrogen and oxygen atoms in total. The number of nitrogens with zero attached hydrogens (tertiary/aromatic N) is 2. The molecule has 1 aliphatic rings. The Hall–Kier alpha value is -0.600. The van der Waals surface area contributed by atoms with Crippen molar-refractivity contribution in [1.29, 1.82) is 0 Å². The van der Waals surface area contributed by atoms with Gasteiger partial charge in [0.1, 0.15) is 6.67 Å². The first kappa shape index (κ1) is 7.51. The molecule has 10 heavy (non-hydrogen) atoms. The molecule has 0 N–H and O–H groups in total. The van der Waals surface area contributed by atoms with Crippen LogP contribution < -0.4 is 0 Å². The van der Waals surface area contributed by atoms with E-state index < -0.39 is 0 Å².